The standard InChI is InChI=1S/C18H23NO6/c1-5-19(12-8-24-9-13(12)20)18(21)15-10(2)11-6-7-14(22-3)17(23-4)16(11)25-15/h6-7,12-13,20H,5,8-9H2,1-4H3/t12-,13-/m0/s1. The molecule has 0 radical (unpaired) electrons. The number of hydrogen-bond acceptors (Lipinski definition) is 6. The van der Waals surface area contributed by atoms with E-state index in [0.29, 0.717) is 30.2 Å². The molecule has 0 saturated carbocycles. The molecular weight excluding hydrogens is 326 g/mol. The number of carbonyl (C=O) groups is 1. The molecule has 1 aromatic carbocycles. The molecule has 0 aliphatic carbocycles. The zero-order valence-corrected chi connectivity index (χ0v) is 14.9. The van der Waals surface area contributed by atoms with Crippen molar-refractivity contribution >= 4 is 16.9 Å². The third-order valence-electron chi connectivity index (χ3n) is 4.67. The summed E-state index contributed by atoms with van der Waals surface area (Å²) in [6.07, 6.45) is -0.691. The third-order valence-corrected chi connectivity index (χ3v) is 4.67. The fraction of sp³-hybridized carbons (Fsp3) is 0.500. The highest BCUT2D eigenvalue weighted by Crippen LogP contribution is 2.39. The minimum Gasteiger partial charge on any atom is -0.493 e. The molecule has 1 fully saturated rings. The summed E-state index contributed by atoms with van der Waals surface area (Å²) in [6.45, 7) is 4.70. The number of carbonyl (C=O) groups excluding carboxylic acids is 1. The second-order valence-corrected chi connectivity index (χ2v) is 6.00. The van der Waals surface area contributed by atoms with Crippen LogP contribution in [0.1, 0.15) is 23.0 Å². The molecule has 2 heterocycles. The third kappa shape index (κ3) is 2.83. The lowest BCUT2D eigenvalue weighted by Gasteiger charge is -2.28. The molecule has 7 heteroatoms. The lowest BCUT2D eigenvalue weighted by Crippen LogP contribution is -2.46. The largest absolute Gasteiger partial charge is 0.493 e. The second kappa shape index (κ2) is 6.93. The Morgan fingerprint density at radius 2 is 2.08 bits per heavy atom. The summed E-state index contributed by atoms with van der Waals surface area (Å²) in [5.41, 5.74) is 1.20. The molecule has 1 amide bonds. The van der Waals surface area contributed by atoms with Crippen molar-refractivity contribution in [2.75, 3.05) is 34.0 Å². The smallest absolute Gasteiger partial charge is 0.290 e. The highest BCUT2D eigenvalue weighted by Gasteiger charge is 2.36. The number of fused-ring (bicyclic) bond motifs is 1. The number of likely N-dealkylation sites (N-methyl/N-ethyl adjacent to an activating group) is 1. The number of hydrogen-bond donors (Lipinski definition) is 1. The van der Waals surface area contributed by atoms with Crippen molar-refractivity contribution in [2.45, 2.75) is 26.0 Å². The molecule has 136 valence electrons. The van der Waals surface area contributed by atoms with Gasteiger partial charge >= 0.3 is 0 Å². The quantitative estimate of drug-likeness (QED) is 0.889. The molecule has 1 aromatic heterocycles. The van der Waals surface area contributed by atoms with Gasteiger partial charge in [0.15, 0.2) is 17.1 Å². The number of nitrogens with zero attached hydrogens (tertiary/aromatic N) is 1. The highest BCUT2D eigenvalue weighted by atomic mass is 16.5. The van der Waals surface area contributed by atoms with Gasteiger partial charge in [-0.2, -0.15) is 0 Å². The molecular formula is C18H23NO6. The van der Waals surface area contributed by atoms with Crippen LogP contribution in [0.2, 0.25) is 0 Å². The summed E-state index contributed by atoms with van der Waals surface area (Å²) >= 11 is 0. The number of benzene rings is 1. The highest BCUT2D eigenvalue weighted by molar-refractivity contribution is 6.01. The van der Waals surface area contributed by atoms with E-state index in [1.807, 2.05) is 19.9 Å². The van der Waals surface area contributed by atoms with Gasteiger partial charge in [0.2, 0.25) is 5.75 Å². The van der Waals surface area contributed by atoms with Gasteiger partial charge in [0.25, 0.3) is 5.91 Å². The zero-order chi connectivity index (χ0) is 18.1. The number of aliphatic hydroxyl groups is 1. The number of methoxy groups -OCH3 is 2. The van der Waals surface area contributed by atoms with Crippen molar-refractivity contribution in [2.24, 2.45) is 0 Å². The van der Waals surface area contributed by atoms with Crippen molar-refractivity contribution < 1.29 is 28.5 Å². The van der Waals surface area contributed by atoms with Crippen LogP contribution < -0.4 is 9.47 Å². The molecule has 7 nitrogen and oxygen atoms in total. The molecule has 1 N–H and O–H groups in total. The number of aliphatic hydroxyl groups excluding tert-OH is 1. The number of furan rings is 1. The normalized spacial score (nSPS) is 20.0. The maximum atomic E-state index is 13.0. The van der Waals surface area contributed by atoms with Crippen molar-refractivity contribution in [1.29, 1.82) is 0 Å². The first-order chi connectivity index (χ1) is 12.0. The second-order valence-electron chi connectivity index (χ2n) is 6.00. The summed E-state index contributed by atoms with van der Waals surface area (Å²) in [7, 11) is 3.08. The van der Waals surface area contributed by atoms with Gasteiger partial charge in [-0.05, 0) is 26.0 Å². The number of amides is 1. The Balaban J connectivity index is 2.05. The van der Waals surface area contributed by atoms with Crippen LogP contribution in [-0.4, -0.2) is 62.0 Å². The Kier molecular flexibility index (Phi) is 4.87. The Bertz CT molecular complexity index is 783. The average Bonchev–Trinajstić information content (AvgIpc) is 3.18. The molecule has 2 aromatic rings. The molecule has 25 heavy (non-hydrogen) atoms. The predicted octanol–water partition coefficient (Wildman–Crippen LogP) is 1.98. The lowest BCUT2D eigenvalue weighted by atomic mass is 10.1. The summed E-state index contributed by atoms with van der Waals surface area (Å²) < 4.78 is 21.9. The monoisotopic (exact) mass is 349 g/mol. The van der Waals surface area contributed by atoms with Crippen LogP contribution in [0.25, 0.3) is 11.0 Å². The lowest BCUT2D eigenvalue weighted by molar-refractivity contribution is 0.0493. The molecule has 1 saturated heterocycles. The molecule has 1 aliphatic rings. The van der Waals surface area contributed by atoms with Gasteiger partial charge in [-0.3, -0.25) is 4.79 Å². The van der Waals surface area contributed by atoms with Gasteiger partial charge in [-0.15, -0.1) is 0 Å². The van der Waals surface area contributed by atoms with Gasteiger partial charge in [-0.25, -0.2) is 0 Å². The Labute approximate surface area is 146 Å². The van der Waals surface area contributed by atoms with E-state index in [1.165, 1.54) is 7.11 Å². The van der Waals surface area contributed by atoms with Crippen LogP contribution in [0, 0.1) is 6.92 Å². The fourth-order valence-electron chi connectivity index (χ4n) is 3.29. The predicted molar refractivity (Wildman–Crippen MR) is 91.4 cm³/mol. The summed E-state index contributed by atoms with van der Waals surface area (Å²) in [4.78, 5) is 14.6. The van der Waals surface area contributed by atoms with E-state index >= 15 is 0 Å². The van der Waals surface area contributed by atoms with Crippen molar-refractivity contribution in [3.8, 4) is 11.5 Å². The van der Waals surface area contributed by atoms with Crippen LogP contribution in [0.5, 0.6) is 11.5 Å². The SMILES string of the molecule is CCN(C(=O)c1oc2c(OC)c(OC)ccc2c1C)[C@H]1COC[C@@H]1O. The fourth-order valence-corrected chi connectivity index (χ4v) is 3.29. The van der Waals surface area contributed by atoms with Crippen molar-refractivity contribution in [3.63, 3.8) is 0 Å². The minimum atomic E-state index is -0.691. The number of ether oxygens (including phenoxy) is 3. The van der Waals surface area contributed by atoms with Gasteiger partial charge in [0, 0.05) is 17.5 Å². The van der Waals surface area contributed by atoms with E-state index in [2.05, 4.69) is 0 Å². The average molecular weight is 349 g/mol. The van der Waals surface area contributed by atoms with Gasteiger partial charge in [0.1, 0.15) is 0 Å². The topological polar surface area (TPSA) is 81.4 Å². The van der Waals surface area contributed by atoms with Crippen LogP contribution in [-0.2, 0) is 4.74 Å². The van der Waals surface area contributed by atoms with Gasteiger partial charge in [-0.1, -0.05) is 0 Å². The van der Waals surface area contributed by atoms with Crippen molar-refractivity contribution in [3.05, 3.63) is 23.5 Å². The van der Waals surface area contributed by atoms with Crippen LogP contribution >= 0.6 is 0 Å². The molecule has 3 rings (SSSR count). The van der Waals surface area contributed by atoms with Crippen LogP contribution in [0.4, 0.5) is 0 Å². The van der Waals surface area contributed by atoms with E-state index in [1.54, 1.807) is 18.1 Å². The maximum Gasteiger partial charge on any atom is 0.290 e. The van der Waals surface area contributed by atoms with Gasteiger partial charge in [0.05, 0.1) is 39.6 Å². The summed E-state index contributed by atoms with van der Waals surface area (Å²) in [5.74, 6) is 0.957. The summed E-state index contributed by atoms with van der Waals surface area (Å²) in [6, 6.07) is 3.25. The maximum absolute atomic E-state index is 13.0. The van der Waals surface area contributed by atoms with E-state index in [9.17, 15) is 9.90 Å². The van der Waals surface area contributed by atoms with Gasteiger partial charge < -0.3 is 28.6 Å². The van der Waals surface area contributed by atoms with E-state index in [0.717, 1.165) is 10.9 Å². The first-order valence-electron chi connectivity index (χ1n) is 8.24. The van der Waals surface area contributed by atoms with E-state index in [4.69, 9.17) is 18.6 Å². The molecule has 2 atom stereocenters. The summed E-state index contributed by atoms with van der Waals surface area (Å²) in [5, 5.41) is 10.9. The Morgan fingerprint density at radius 1 is 1.32 bits per heavy atom. The molecule has 0 spiro atoms. The first kappa shape index (κ1) is 17.6. The van der Waals surface area contributed by atoms with E-state index < -0.39 is 6.10 Å². The van der Waals surface area contributed by atoms with E-state index in [-0.39, 0.29) is 24.3 Å². The molecule has 1 aliphatic heterocycles. The minimum absolute atomic E-state index is 0.235. The Hall–Kier alpha value is -2.25. The zero-order valence-electron chi connectivity index (χ0n) is 14.9. The van der Waals surface area contributed by atoms with Crippen molar-refractivity contribution in [1.82, 2.24) is 4.90 Å². The van der Waals surface area contributed by atoms with Crippen LogP contribution in [0.3, 0.4) is 0 Å². The molecule has 0 unspecified atom stereocenters. The number of aryl methyl sites for hydroxylation is 1. The first-order valence-corrected chi connectivity index (χ1v) is 8.24. The van der Waals surface area contributed by atoms with Crippen LogP contribution in [0.15, 0.2) is 16.5 Å². The number of rotatable bonds is 5. The molecule has 0 bridgehead atoms. The Morgan fingerprint density at radius 3 is 2.64 bits per heavy atom.